The van der Waals surface area contributed by atoms with Crippen LogP contribution in [0.5, 0.6) is 0 Å². The number of anilines is 1. The molecule has 1 unspecified atom stereocenters. The lowest BCUT2D eigenvalue weighted by molar-refractivity contribution is -0.384. The predicted molar refractivity (Wildman–Crippen MR) is 132 cm³/mol. The summed E-state index contributed by atoms with van der Waals surface area (Å²) in [4.78, 5) is 35.7. The fraction of sp³-hybridized carbons (Fsp3) is 0.240. The van der Waals surface area contributed by atoms with Gasteiger partial charge in [0.2, 0.25) is 0 Å². The molecule has 0 fully saturated rings. The Morgan fingerprint density at radius 2 is 1.97 bits per heavy atom. The van der Waals surface area contributed by atoms with Crippen LogP contribution in [0.2, 0.25) is 0 Å². The molecule has 0 saturated carbocycles. The van der Waals surface area contributed by atoms with Gasteiger partial charge in [0, 0.05) is 42.8 Å². The van der Waals surface area contributed by atoms with Crippen molar-refractivity contribution in [2.45, 2.75) is 25.4 Å². The van der Waals surface area contributed by atoms with E-state index in [9.17, 15) is 24.8 Å². The zero-order chi connectivity index (χ0) is 25.8. The number of aromatic nitrogens is 1. The van der Waals surface area contributed by atoms with Gasteiger partial charge in [-0.2, -0.15) is 4.37 Å². The molecule has 186 valence electrons. The van der Waals surface area contributed by atoms with E-state index < -0.39 is 28.9 Å². The zero-order valence-corrected chi connectivity index (χ0v) is 20.3. The van der Waals surface area contributed by atoms with Gasteiger partial charge in [-0.05, 0) is 29.6 Å². The number of carbonyl (C=O) groups excluding carboxylic acids is 1. The third kappa shape index (κ3) is 4.97. The van der Waals surface area contributed by atoms with Gasteiger partial charge in [0.05, 0.1) is 22.8 Å². The van der Waals surface area contributed by atoms with E-state index in [0.717, 1.165) is 11.5 Å². The molecule has 0 bridgehead atoms. The van der Waals surface area contributed by atoms with E-state index in [4.69, 9.17) is 9.47 Å². The molecule has 2 atom stereocenters. The Labute approximate surface area is 210 Å². The van der Waals surface area contributed by atoms with Gasteiger partial charge < -0.3 is 19.9 Å². The van der Waals surface area contributed by atoms with Gasteiger partial charge in [0.25, 0.3) is 5.69 Å². The lowest BCUT2D eigenvalue weighted by atomic mass is 9.81. The first-order valence-electron chi connectivity index (χ1n) is 11.0. The highest BCUT2D eigenvalue weighted by molar-refractivity contribution is 7.10. The van der Waals surface area contributed by atoms with E-state index in [-0.39, 0.29) is 24.3 Å². The van der Waals surface area contributed by atoms with Crippen LogP contribution in [0.15, 0.2) is 65.9 Å². The maximum Gasteiger partial charge on any atom is 0.339 e. The molecule has 1 aromatic heterocycles. The van der Waals surface area contributed by atoms with Gasteiger partial charge in [-0.3, -0.25) is 10.1 Å². The first kappa shape index (κ1) is 25.0. The molecule has 36 heavy (non-hydrogen) atoms. The van der Waals surface area contributed by atoms with E-state index in [1.165, 1.54) is 25.3 Å². The first-order chi connectivity index (χ1) is 17.3. The van der Waals surface area contributed by atoms with Gasteiger partial charge in [-0.25, -0.2) is 9.59 Å². The molecular formula is C25H23N3O7S. The summed E-state index contributed by atoms with van der Waals surface area (Å²) in [6, 6.07) is 14.9. The Kier molecular flexibility index (Phi) is 7.41. The third-order valence-corrected chi connectivity index (χ3v) is 6.68. The fourth-order valence-electron chi connectivity index (χ4n) is 4.25. The number of carboxylic acid groups (broad SMARTS) is 1. The molecule has 0 saturated heterocycles. The van der Waals surface area contributed by atoms with Crippen molar-refractivity contribution in [2.24, 2.45) is 0 Å². The summed E-state index contributed by atoms with van der Waals surface area (Å²) in [7, 11) is 1.42. The smallest absolute Gasteiger partial charge is 0.339 e. The van der Waals surface area contributed by atoms with Crippen molar-refractivity contribution < 1.29 is 29.1 Å². The standard InChI is InChI=1S/C25H23N3O7S/c1-14-19(24(29)30)20(16-9-6-10-17(13-16)28(32)33)21-18(27-36-23(21)26-14)11-12-35-25(31)22(34-2)15-7-4-3-5-8-15/h3-10,13,20,22,26H,11-12H2,1-2H3,(H,29,30)/t20?,22-/m1/s1. The van der Waals surface area contributed by atoms with Crippen molar-refractivity contribution in [3.8, 4) is 0 Å². The number of methoxy groups -OCH3 is 1. The summed E-state index contributed by atoms with van der Waals surface area (Å²) in [6.45, 7) is 1.64. The predicted octanol–water partition coefficient (Wildman–Crippen LogP) is 4.44. The number of ether oxygens (including phenoxy) is 2. The van der Waals surface area contributed by atoms with Crippen LogP contribution in [-0.2, 0) is 25.5 Å². The molecule has 10 nitrogen and oxygen atoms in total. The maximum atomic E-state index is 12.6. The van der Waals surface area contributed by atoms with Crippen molar-refractivity contribution in [2.75, 3.05) is 19.0 Å². The number of rotatable bonds is 9. The van der Waals surface area contributed by atoms with Crippen LogP contribution in [-0.4, -0.2) is 40.1 Å². The first-order valence-corrected chi connectivity index (χ1v) is 11.8. The Morgan fingerprint density at radius 1 is 1.22 bits per heavy atom. The minimum atomic E-state index is -1.14. The zero-order valence-electron chi connectivity index (χ0n) is 19.5. The molecule has 3 aromatic rings. The van der Waals surface area contributed by atoms with Crippen LogP contribution in [0.3, 0.4) is 0 Å². The molecule has 2 N–H and O–H groups in total. The van der Waals surface area contributed by atoms with E-state index in [0.29, 0.717) is 33.1 Å². The number of fused-ring (bicyclic) bond motifs is 1. The third-order valence-electron chi connectivity index (χ3n) is 5.87. The average molecular weight is 510 g/mol. The lowest BCUT2D eigenvalue weighted by Gasteiger charge is -2.27. The Morgan fingerprint density at radius 3 is 2.64 bits per heavy atom. The number of aliphatic carboxylic acids is 1. The number of nitrogens with zero attached hydrogens (tertiary/aromatic N) is 2. The van der Waals surface area contributed by atoms with Crippen molar-refractivity contribution in [1.82, 2.24) is 4.37 Å². The van der Waals surface area contributed by atoms with Gasteiger partial charge in [-0.15, -0.1) is 0 Å². The molecule has 11 heteroatoms. The van der Waals surface area contributed by atoms with Gasteiger partial charge in [-0.1, -0.05) is 42.5 Å². The molecule has 2 aromatic carbocycles. The van der Waals surface area contributed by atoms with Crippen LogP contribution >= 0.6 is 11.5 Å². The van der Waals surface area contributed by atoms with Crippen molar-refractivity contribution in [3.05, 3.63) is 98.4 Å². The summed E-state index contributed by atoms with van der Waals surface area (Å²) in [6.07, 6.45) is -0.652. The van der Waals surface area contributed by atoms with E-state index in [1.807, 2.05) is 6.07 Å². The molecule has 0 amide bonds. The molecule has 0 radical (unpaired) electrons. The Hall–Kier alpha value is -4.09. The molecular weight excluding hydrogens is 486 g/mol. The number of esters is 1. The van der Waals surface area contributed by atoms with Crippen LogP contribution in [0, 0.1) is 10.1 Å². The van der Waals surface area contributed by atoms with E-state index in [1.54, 1.807) is 37.3 Å². The molecule has 2 heterocycles. The summed E-state index contributed by atoms with van der Waals surface area (Å²) in [5, 5.41) is 25.1. The maximum absolute atomic E-state index is 12.6. The second-order valence-electron chi connectivity index (χ2n) is 8.07. The summed E-state index contributed by atoms with van der Waals surface area (Å²) in [5.41, 5.74) is 2.64. The summed E-state index contributed by atoms with van der Waals surface area (Å²) >= 11 is 1.16. The second kappa shape index (κ2) is 10.7. The average Bonchev–Trinajstić information content (AvgIpc) is 3.26. The number of carboxylic acids is 1. The topological polar surface area (TPSA) is 141 Å². The monoisotopic (exact) mass is 509 g/mol. The van der Waals surface area contributed by atoms with Gasteiger partial charge in [0.15, 0.2) is 6.10 Å². The van der Waals surface area contributed by atoms with Crippen LogP contribution in [0.25, 0.3) is 0 Å². The highest BCUT2D eigenvalue weighted by atomic mass is 32.1. The second-order valence-corrected chi connectivity index (χ2v) is 8.84. The SMILES string of the molecule is CO[C@@H](C(=O)OCCc1nsc2c1C(c1cccc([N+](=O)[O-])c1)C(C(=O)O)=C(C)N2)c1ccccc1. The van der Waals surface area contributed by atoms with Crippen molar-refractivity contribution >= 4 is 34.2 Å². The number of nitro groups is 1. The summed E-state index contributed by atoms with van der Waals surface area (Å²) < 4.78 is 15.3. The number of nitrogens with one attached hydrogen (secondary N) is 1. The van der Waals surface area contributed by atoms with Crippen LogP contribution < -0.4 is 5.32 Å². The number of hydrogen-bond donors (Lipinski definition) is 2. The minimum Gasteiger partial charge on any atom is -0.478 e. The quantitative estimate of drug-likeness (QED) is 0.243. The normalized spacial score (nSPS) is 15.6. The molecule has 4 rings (SSSR count). The lowest BCUT2D eigenvalue weighted by Crippen LogP contribution is -2.23. The van der Waals surface area contributed by atoms with Crippen molar-refractivity contribution in [1.29, 1.82) is 0 Å². The Bertz CT molecular complexity index is 1340. The summed E-state index contributed by atoms with van der Waals surface area (Å²) in [5.74, 6) is -2.47. The van der Waals surface area contributed by atoms with Gasteiger partial charge in [0.1, 0.15) is 5.00 Å². The Balaban J connectivity index is 1.61. The number of hydrogen-bond acceptors (Lipinski definition) is 9. The van der Waals surface area contributed by atoms with Gasteiger partial charge >= 0.3 is 11.9 Å². The molecule has 1 aliphatic heterocycles. The van der Waals surface area contributed by atoms with E-state index >= 15 is 0 Å². The number of carbonyl (C=O) groups is 2. The fourth-order valence-corrected chi connectivity index (χ4v) is 5.18. The molecule has 0 aliphatic carbocycles. The number of non-ortho nitro benzene ring substituents is 1. The largest absolute Gasteiger partial charge is 0.478 e. The van der Waals surface area contributed by atoms with E-state index in [2.05, 4.69) is 9.69 Å². The van der Waals surface area contributed by atoms with Crippen LogP contribution in [0.4, 0.5) is 10.7 Å². The van der Waals surface area contributed by atoms with Crippen LogP contribution in [0.1, 0.15) is 41.3 Å². The molecule has 1 aliphatic rings. The molecule has 0 spiro atoms. The highest BCUT2D eigenvalue weighted by Crippen LogP contribution is 2.46. The van der Waals surface area contributed by atoms with Crippen molar-refractivity contribution in [3.63, 3.8) is 0 Å². The minimum absolute atomic E-state index is 0.00550. The highest BCUT2D eigenvalue weighted by Gasteiger charge is 2.36. The number of benzene rings is 2. The number of nitro benzene ring substituents is 1. The number of allylic oxidation sites excluding steroid dienone is 1.